The van der Waals surface area contributed by atoms with E-state index in [0.29, 0.717) is 36.7 Å². The summed E-state index contributed by atoms with van der Waals surface area (Å²) in [6, 6.07) is 8.35. The average molecular weight is 397 g/mol. The van der Waals surface area contributed by atoms with Crippen molar-refractivity contribution in [1.29, 1.82) is 0 Å². The summed E-state index contributed by atoms with van der Waals surface area (Å²) in [6.45, 7) is 1.75. The molecule has 1 aromatic carbocycles. The van der Waals surface area contributed by atoms with Gasteiger partial charge in [-0.1, -0.05) is 0 Å². The molecule has 152 valence electrons. The van der Waals surface area contributed by atoms with E-state index in [1.165, 1.54) is 4.57 Å². The quantitative estimate of drug-likeness (QED) is 0.842. The molecule has 0 aliphatic carbocycles. The van der Waals surface area contributed by atoms with Gasteiger partial charge in [-0.3, -0.25) is 14.4 Å². The predicted molar refractivity (Wildman–Crippen MR) is 105 cm³/mol. The Kier molecular flexibility index (Phi) is 5.24. The summed E-state index contributed by atoms with van der Waals surface area (Å²) < 4.78 is 12.0. The van der Waals surface area contributed by atoms with E-state index in [-0.39, 0.29) is 35.6 Å². The Bertz CT molecular complexity index is 1000. The molecule has 0 radical (unpaired) electrons. The van der Waals surface area contributed by atoms with Crippen LogP contribution in [0.3, 0.4) is 0 Å². The van der Waals surface area contributed by atoms with Gasteiger partial charge in [0, 0.05) is 38.4 Å². The van der Waals surface area contributed by atoms with E-state index in [9.17, 15) is 14.4 Å². The Morgan fingerprint density at radius 3 is 2.90 bits per heavy atom. The lowest BCUT2D eigenvalue weighted by molar-refractivity contribution is 0.0668. The first-order valence-electron chi connectivity index (χ1n) is 9.65. The molecule has 4 rings (SSSR count). The number of aromatic nitrogens is 1. The Morgan fingerprint density at radius 1 is 1.21 bits per heavy atom. The summed E-state index contributed by atoms with van der Waals surface area (Å²) in [6.07, 6.45) is 3.38. The zero-order valence-electron chi connectivity index (χ0n) is 16.2. The maximum absolute atomic E-state index is 12.8. The van der Waals surface area contributed by atoms with Crippen LogP contribution < -0.4 is 20.3 Å². The summed E-state index contributed by atoms with van der Waals surface area (Å²) >= 11 is 0. The van der Waals surface area contributed by atoms with Crippen molar-refractivity contribution in [3.8, 4) is 11.5 Å². The molecule has 2 aliphatic heterocycles. The van der Waals surface area contributed by atoms with Crippen LogP contribution in [0.2, 0.25) is 0 Å². The van der Waals surface area contributed by atoms with Gasteiger partial charge in [0.2, 0.25) is 6.79 Å². The van der Waals surface area contributed by atoms with Crippen molar-refractivity contribution < 1.29 is 19.1 Å². The SMILES string of the molecule is Cn1cccc(C(=O)N2CCCC(CNC(=O)c3ccc4c(c3)OCO4)C2)c1=O. The number of rotatable bonds is 4. The maximum atomic E-state index is 12.8. The van der Waals surface area contributed by atoms with Crippen LogP contribution in [0.15, 0.2) is 41.3 Å². The number of likely N-dealkylation sites (tertiary alicyclic amines) is 1. The minimum atomic E-state index is -0.296. The summed E-state index contributed by atoms with van der Waals surface area (Å²) in [4.78, 5) is 39.2. The molecule has 1 N–H and O–H groups in total. The van der Waals surface area contributed by atoms with E-state index in [1.54, 1.807) is 48.5 Å². The number of nitrogens with one attached hydrogen (secondary N) is 1. The third-order valence-corrected chi connectivity index (χ3v) is 5.35. The van der Waals surface area contributed by atoms with Crippen molar-refractivity contribution in [2.24, 2.45) is 13.0 Å². The van der Waals surface area contributed by atoms with Crippen molar-refractivity contribution in [2.45, 2.75) is 12.8 Å². The summed E-state index contributed by atoms with van der Waals surface area (Å²) in [7, 11) is 1.63. The molecule has 3 heterocycles. The van der Waals surface area contributed by atoms with Crippen LogP contribution in [-0.2, 0) is 7.05 Å². The van der Waals surface area contributed by atoms with Crippen molar-refractivity contribution in [1.82, 2.24) is 14.8 Å². The van der Waals surface area contributed by atoms with Crippen LogP contribution in [0.5, 0.6) is 11.5 Å². The molecular formula is C21H23N3O5. The second-order valence-electron chi connectivity index (χ2n) is 7.38. The minimum absolute atomic E-state index is 0.137. The first kappa shape index (κ1) is 19.0. The second-order valence-corrected chi connectivity index (χ2v) is 7.38. The molecule has 0 saturated carbocycles. The number of benzene rings is 1. The van der Waals surface area contributed by atoms with Crippen molar-refractivity contribution in [3.05, 3.63) is 58.0 Å². The fraction of sp³-hybridized carbons (Fsp3) is 0.381. The topological polar surface area (TPSA) is 89.9 Å². The third-order valence-electron chi connectivity index (χ3n) is 5.35. The Hall–Kier alpha value is -3.29. The van der Waals surface area contributed by atoms with Gasteiger partial charge in [-0.15, -0.1) is 0 Å². The second kappa shape index (κ2) is 7.98. The summed E-state index contributed by atoms with van der Waals surface area (Å²) in [5.74, 6) is 0.895. The molecule has 8 heteroatoms. The van der Waals surface area contributed by atoms with Crippen LogP contribution in [-0.4, -0.2) is 47.7 Å². The van der Waals surface area contributed by atoms with Crippen LogP contribution in [0.1, 0.15) is 33.6 Å². The van der Waals surface area contributed by atoms with E-state index in [2.05, 4.69) is 5.32 Å². The van der Waals surface area contributed by atoms with Gasteiger partial charge in [-0.2, -0.15) is 0 Å². The first-order chi connectivity index (χ1) is 14.0. The molecule has 1 aromatic heterocycles. The molecule has 2 amide bonds. The molecular weight excluding hydrogens is 374 g/mol. The lowest BCUT2D eigenvalue weighted by Gasteiger charge is -2.32. The lowest BCUT2D eigenvalue weighted by atomic mass is 9.97. The number of ether oxygens (including phenoxy) is 2. The molecule has 2 aromatic rings. The number of aryl methyl sites for hydroxylation is 1. The van der Waals surface area contributed by atoms with Crippen molar-refractivity contribution in [3.63, 3.8) is 0 Å². The van der Waals surface area contributed by atoms with Crippen LogP contribution in [0, 0.1) is 5.92 Å². The fourth-order valence-corrected chi connectivity index (χ4v) is 3.72. The normalized spacial score (nSPS) is 17.8. The smallest absolute Gasteiger partial charge is 0.263 e. The zero-order chi connectivity index (χ0) is 20.4. The number of amides is 2. The zero-order valence-corrected chi connectivity index (χ0v) is 16.2. The highest BCUT2D eigenvalue weighted by atomic mass is 16.7. The Labute approximate surface area is 168 Å². The van der Waals surface area contributed by atoms with E-state index >= 15 is 0 Å². The molecule has 1 fully saturated rings. The van der Waals surface area contributed by atoms with Crippen molar-refractivity contribution >= 4 is 11.8 Å². The number of carbonyl (C=O) groups excluding carboxylic acids is 2. The van der Waals surface area contributed by atoms with Gasteiger partial charge < -0.3 is 24.3 Å². The standard InChI is InChI=1S/C21H23N3O5/c1-23-8-3-5-16(20(23)26)21(27)24-9-2-4-14(12-24)11-22-19(25)15-6-7-17-18(10-15)29-13-28-17/h3,5-8,10,14H,2,4,9,11-13H2,1H3,(H,22,25). The van der Waals surface area contributed by atoms with Gasteiger partial charge in [-0.25, -0.2) is 0 Å². The molecule has 1 unspecified atom stereocenters. The number of piperidine rings is 1. The first-order valence-corrected chi connectivity index (χ1v) is 9.65. The molecule has 0 bridgehead atoms. The van der Waals surface area contributed by atoms with Gasteiger partial charge in [0.1, 0.15) is 5.56 Å². The third kappa shape index (κ3) is 3.96. The van der Waals surface area contributed by atoms with Gasteiger partial charge in [0.25, 0.3) is 17.4 Å². The van der Waals surface area contributed by atoms with E-state index in [4.69, 9.17) is 9.47 Å². The molecule has 8 nitrogen and oxygen atoms in total. The molecule has 1 saturated heterocycles. The highest BCUT2D eigenvalue weighted by Gasteiger charge is 2.26. The predicted octanol–water partition coefficient (Wildman–Crippen LogP) is 1.40. The van der Waals surface area contributed by atoms with Crippen LogP contribution >= 0.6 is 0 Å². The number of carbonyl (C=O) groups is 2. The number of hydrogen-bond acceptors (Lipinski definition) is 5. The number of nitrogens with zero attached hydrogens (tertiary/aromatic N) is 2. The van der Waals surface area contributed by atoms with Gasteiger partial charge in [-0.05, 0) is 49.1 Å². The van der Waals surface area contributed by atoms with E-state index in [1.807, 2.05) is 0 Å². The Morgan fingerprint density at radius 2 is 2.03 bits per heavy atom. The minimum Gasteiger partial charge on any atom is -0.454 e. The van der Waals surface area contributed by atoms with Gasteiger partial charge in [0.15, 0.2) is 11.5 Å². The maximum Gasteiger partial charge on any atom is 0.263 e. The van der Waals surface area contributed by atoms with Gasteiger partial charge in [0.05, 0.1) is 0 Å². The van der Waals surface area contributed by atoms with E-state index in [0.717, 1.165) is 12.8 Å². The lowest BCUT2D eigenvalue weighted by Crippen LogP contribution is -2.45. The highest BCUT2D eigenvalue weighted by molar-refractivity contribution is 5.95. The summed E-state index contributed by atoms with van der Waals surface area (Å²) in [5, 5.41) is 2.94. The average Bonchev–Trinajstić information content (AvgIpc) is 3.21. The largest absolute Gasteiger partial charge is 0.454 e. The number of hydrogen-bond donors (Lipinski definition) is 1. The number of pyridine rings is 1. The van der Waals surface area contributed by atoms with Crippen LogP contribution in [0.25, 0.3) is 0 Å². The van der Waals surface area contributed by atoms with Gasteiger partial charge >= 0.3 is 0 Å². The number of fused-ring (bicyclic) bond motifs is 1. The monoisotopic (exact) mass is 397 g/mol. The molecule has 29 heavy (non-hydrogen) atoms. The van der Waals surface area contributed by atoms with E-state index < -0.39 is 0 Å². The highest BCUT2D eigenvalue weighted by Crippen LogP contribution is 2.32. The molecule has 1 atom stereocenters. The fourth-order valence-electron chi connectivity index (χ4n) is 3.72. The Balaban J connectivity index is 1.36. The van der Waals surface area contributed by atoms with Crippen LogP contribution in [0.4, 0.5) is 0 Å². The summed E-state index contributed by atoms with van der Waals surface area (Å²) in [5.41, 5.74) is 0.390. The molecule has 0 spiro atoms. The molecule has 2 aliphatic rings. The van der Waals surface area contributed by atoms with Crippen molar-refractivity contribution in [2.75, 3.05) is 26.4 Å².